The van der Waals surface area contributed by atoms with E-state index in [0.717, 1.165) is 54.3 Å². The summed E-state index contributed by atoms with van der Waals surface area (Å²) in [6, 6.07) is 14.8. The number of nitrogens with one attached hydrogen (secondary N) is 1. The highest BCUT2D eigenvalue weighted by Crippen LogP contribution is 2.28. The molecule has 2 aromatic heterocycles. The van der Waals surface area contributed by atoms with Crippen LogP contribution in [0.15, 0.2) is 47.3 Å². The van der Waals surface area contributed by atoms with Gasteiger partial charge in [0.2, 0.25) is 0 Å². The third-order valence-corrected chi connectivity index (χ3v) is 6.48. The predicted molar refractivity (Wildman–Crippen MR) is 110 cm³/mol. The second-order valence-electron chi connectivity index (χ2n) is 8.01. The highest BCUT2D eigenvalue weighted by Gasteiger charge is 2.27. The lowest BCUT2D eigenvalue weighted by molar-refractivity contribution is 0.130. The van der Waals surface area contributed by atoms with Gasteiger partial charge in [0, 0.05) is 32.1 Å². The monoisotopic (exact) mass is 373 g/mol. The van der Waals surface area contributed by atoms with Crippen molar-refractivity contribution >= 4 is 22.1 Å². The Balaban J connectivity index is 1.40. The number of aromatic amines is 1. The molecule has 1 aliphatic carbocycles. The summed E-state index contributed by atoms with van der Waals surface area (Å²) in [6.07, 6.45) is 5.08. The van der Waals surface area contributed by atoms with Gasteiger partial charge in [-0.1, -0.05) is 18.6 Å². The van der Waals surface area contributed by atoms with E-state index in [1.165, 1.54) is 30.6 Å². The zero-order chi connectivity index (χ0) is 18.7. The normalized spacial score (nSPS) is 18.3. The number of hydrogen-bond donors (Lipinski definition) is 1. The first-order valence-electron chi connectivity index (χ1n) is 10.2. The minimum Gasteiger partial charge on any atom is -0.327 e. The topological polar surface area (TPSA) is 58.9 Å². The van der Waals surface area contributed by atoms with E-state index >= 15 is 0 Å². The summed E-state index contributed by atoms with van der Waals surface area (Å²) in [6.45, 7) is 3.20. The fourth-order valence-corrected chi connectivity index (χ4v) is 4.76. The Labute approximate surface area is 162 Å². The van der Waals surface area contributed by atoms with E-state index in [4.69, 9.17) is 4.98 Å². The van der Waals surface area contributed by atoms with Crippen molar-refractivity contribution in [3.8, 4) is 5.69 Å². The Morgan fingerprint density at radius 3 is 2.75 bits per heavy atom. The predicted octanol–water partition coefficient (Wildman–Crippen LogP) is 3.08. The van der Waals surface area contributed by atoms with Crippen molar-refractivity contribution in [2.24, 2.45) is 0 Å². The number of aromatic nitrogens is 4. The number of H-pyrrole nitrogens is 1. The molecule has 6 heteroatoms. The van der Waals surface area contributed by atoms with Crippen molar-refractivity contribution < 1.29 is 0 Å². The van der Waals surface area contributed by atoms with Gasteiger partial charge in [0.1, 0.15) is 5.82 Å². The molecule has 142 valence electrons. The van der Waals surface area contributed by atoms with Gasteiger partial charge >= 0.3 is 5.69 Å². The molecular formula is C22H23N5O. The highest BCUT2D eigenvalue weighted by atomic mass is 16.1. The summed E-state index contributed by atoms with van der Waals surface area (Å²) in [5.74, 6) is 1.17. The van der Waals surface area contributed by atoms with E-state index < -0.39 is 0 Å². The zero-order valence-electron chi connectivity index (χ0n) is 15.8. The third-order valence-electron chi connectivity index (χ3n) is 6.48. The number of imidazole rings is 2. The molecule has 0 atom stereocenters. The van der Waals surface area contributed by atoms with Crippen LogP contribution in [0.1, 0.15) is 25.1 Å². The smallest absolute Gasteiger partial charge is 0.327 e. The molecule has 0 amide bonds. The van der Waals surface area contributed by atoms with Gasteiger partial charge in [-0.2, -0.15) is 0 Å². The van der Waals surface area contributed by atoms with E-state index in [9.17, 15) is 4.79 Å². The summed E-state index contributed by atoms with van der Waals surface area (Å²) in [4.78, 5) is 23.0. The van der Waals surface area contributed by atoms with Gasteiger partial charge in [-0.3, -0.25) is 9.47 Å². The molecule has 1 N–H and O–H groups in total. The molecule has 0 unspecified atom stereocenters. The van der Waals surface area contributed by atoms with Gasteiger partial charge in [-0.15, -0.1) is 0 Å². The van der Waals surface area contributed by atoms with Crippen LogP contribution in [-0.4, -0.2) is 43.1 Å². The first kappa shape index (κ1) is 16.1. The van der Waals surface area contributed by atoms with Crippen LogP contribution in [0.5, 0.6) is 0 Å². The van der Waals surface area contributed by atoms with Gasteiger partial charge < -0.3 is 9.55 Å². The van der Waals surface area contributed by atoms with Crippen LogP contribution >= 0.6 is 0 Å². The molecule has 0 saturated heterocycles. The maximum Gasteiger partial charge on any atom is 0.331 e. The Bertz CT molecular complexity index is 1240. The average Bonchev–Trinajstić information content (AvgIpc) is 3.10. The minimum atomic E-state index is -0.113. The van der Waals surface area contributed by atoms with Crippen LogP contribution in [0.2, 0.25) is 0 Å². The molecule has 1 saturated carbocycles. The van der Waals surface area contributed by atoms with Gasteiger partial charge in [-0.05, 0) is 43.2 Å². The molecule has 0 spiro atoms. The first-order valence-corrected chi connectivity index (χ1v) is 10.2. The largest absolute Gasteiger partial charge is 0.331 e. The molecule has 6 nitrogen and oxygen atoms in total. The van der Waals surface area contributed by atoms with Gasteiger partial charge in [0.05, 0.1) is 27.8 Å². The average molecular weight is 373 g/mol. The molecule has 28 heavy (non-hydrogen) atoms. The lowest BCUT2D eigenvalue weighted by atomic mass is 9.91. The van der Waals surface area contributed by atoms with E-state index in [0.29, 0.717) is 0 Å². The third kappa shape index (κ3) is 2.37. The fraction of sp³-hybridized carbons (Fsp3) is 0.364. The molecule has 1 fully saturated rings. The maximum absolute atomic E-state index is 12.5. The van der Waals surface area contributed by atoms with Gasteiger partial charge in [-0.25, -0.2) is 9.78 Å². The van der Waals surface area contributed by atoms with Crippen LogP contribution in [0.3, 0.4) is 0 Å². The summed E-state index contributed by atoms with van der Waals surface area (Å²) < 4.78 is 4.10. The standard InChI is InChI=1S/C22H23N5O/c28-22-24-17-6-1-2-7-20(17)27(22)16-8-9-19-18(14-16)23-21-10-11-25(12-13-26(19)21)15-4-3-5-15/h1-2,6-9,14-15H,3-5,10-13H2,(H,24,28). The molecule has 2 aliphatic rings. The Morgan fingerprint density at radius 2 is 1.89 bits per heavy atom. The Kier molecular flexibility index (Phi) is 3.50. The minimum absolute atomic E-state index is 0.113. The lowest BCUT2D eigenvalue weighted by Crippen LogP contribution is -2.41. The molecule has 0 bridgehead atoms. The summed E-state index contributed by atoms with van der Waals surface area (Å²) >= 11 is 0. The van der Waals surface area contributed by atoms with Gasteiger partial charge in [0.15, 0.2) is 0 Å². The van der Waals surface area contributed by atoms with Crippen LogP contribution in [0.25, 0.3) is 27.8 Å². The lowest BCUT2D eigenvalue weighted by Gasteiger charge is -2.36. The number of benzene rings is 2. The van der Waals surface area contributed by atoms with Crippen molar-refractivity contribution in [2.45, 2.75) is 38.3 Å². The number of fused-ring (bicyclic) bond motifs is 4. The zero-order valence-corrected chi connectivity index (χ0v) is 15.8. The molecule has 2 aromatic carbocycles. The second kappa shape index (κ2) is 6.07. The van der Waals surface area contributed by atoms with E-state index in [2.05, 4.69) is 20.5 Å². The first-order chi connectivity index (χ1) is 13.8. The summed E-state index contributed by atoms with van der Waals surface area (Å²) in [7, 11) is 0. The van der Waals surface area contributed by atoms with E-state index in [-0.39, 0.29) is 5.69 Å². The second-order valence-corrected chi connectivity index (χ2v) is 8.01. The SMILES string of the molecule is O=c1[nH]c2ccccc2n1-c1ccc2c(c1)nc1n2CCN(C2CCC2)CC1. The van der Waals surface area contributed by atoms with Gasteiger partial charge in [0.25, 0.3) is 0 Å². The van der Waals surface area contributed by atoms with E-state index in [1.807, 2.05) is 36.4 Å². The summed E-state index contributed by atoms with van der Waals surface area (Å²) in [5, 5.41) is 0. The van der Waals surface area contributed by atoms with Crippen molar-refractivity contribution in [3.63, 3.8) is 0 Å². The van der Waals surface area contributed by atoms with Crippen LogP contribution < -0.4 is 5.69 Å². The number of hydrogen-bond acceptors (Lipinski definition) is 3. The van der Waals surface area contributed by atoms with Crippen molar-refractivity contribution in [1.29, 1.82) is 0 Å². The number of nitrogens with zero attached hydrogens (tertiary/aromatic N) is 4. The molecule has 0 radical (unpaired) electrons. The van der Waals surface area contributed by atoms with Crippen molar-refractivity contribution in [2.75, 3.05) is 13.1 Å². The highest BCUT2D eigenvalue weighted by molar-refractivity contribution is 5.81. The quantitative estimate of drug-likeness (QED) is 0.587. The number of para-hydroxylation sites is 2. The molecule has 1 aliphatic heterocycles. The fourth-order valence-electron chi connectivity index (χ4n) is 4.76. The maximum atomic E-state index is 12.5. The Hall–Kier alpha value is -2.86. The van der Waals surface area contributed by atoms with Crippen LogP contribution in [-0.2, 0) is 13.0 Å². The van der Waals surface area contributed by atoms with Crippen molar-refractivity contribution in [3.05, 3.63) is 58.8 Å². The van der Waals surface area contributed by atoms with Crippen molar-refractivity contribution in [1.82, 2.24) is 24.0 Å². The van der Waals surface area contributed by atoms with Crippen LogP contribution in [0, 0.1) is 0 Å². The van der Waals surface area contributed by atoms with E-state index in [1.54, 1.807) is 4.57 Å². The molecule has 3 heterocycles. The van der Waals surface area contributed by atoms with Crippen LogP contribution in [0.4, 0.5) is 0 Å². The molecular weight excluding hydrogens is 350 g/mol. The summed E-state index contributed by atoms with van der Waals surface area (Å²) in [5.41, 5.74) is 4.63. The number of rotatable bonds is 2. The molecule has 4 aromatic rings. The Morgan fingerprint density at radius 1 is 1.00 bits per heavy atom. The molecule has 6 rings (SSSR count).